The largest absolute Gasteiger partial charge is 0.433 e. The first-order valence-corrected chi connectivity index (χ1v) is 5.65. The van der Waals surface area contributed by atoms with E-state index in [1.54, 1.807) is 0 Å². The first kappa shape index (κ1) is 15.8. The van der Waals surface area contributed by atoms with Crippen LogP contribution in [0.4, 0.5) is 26.3 Å². The third-order valence-electron chi connectivity index (χ3n) is 2.62. The molecule has 22 heavy (non-hydrogen) atoms. The molecule has 1 aromatic heterocycles. The fraction of sp³-hybridized carbons (Fsp3) is 0.154. The molecule has 0 bridgehead atoms. The molecule has 0 amide bonds. The van der Waals surface area contributed by atoms with Crippen molar-refractivity contribution < 1.29 is 26.3 Å². The van der Waals surface area contributed by atoms with Gasteiger partial charge in [-0.3, -0.25) is 0 Å². The number of nitriles is 1. The van der Waals surface area contributed by atoms with Crippen LogP contribution in [0.15, 0.2) is 30.3 Å². The highest BCUT2D eigenvalue weighted by atomic mass is 19.4. The van der Waals surface area contributed by atoms with E-state index in [2.05, 4.69) is 9.97 Å². The van der Waals surface area contributed by atoms with Crippen molar-refractivity contribution in [3.63, 3.8) is 0 Å². The average molecular weight is 317 g/mol. The maximum atomic E-state index is 12.7. The molecule has 0 aliphatic rings. The summed E-state index contributed by atoms with van der Waals surface area (Å²) in [5.74, 6) is -0.718. The molecule has 0 spiro atoms. The minimum absolute atomic E-state index is 0.0115. The number of halogens is 6. The van der Waals surface area contributed by atoms with Crippen molar-refractivity contribution in [2.75, 3.05) is 0 Å². The molecule has 0 unspecified atom stereocenters. The van der Waals surface area contributed by atoms with Crippen LogP contribution in [0.1, 0.15) is 17.1 Å². The number of rotatable bonds is 1. The van der Waals surface area contributed by atoms with Crippen molar-refractivity contribution in [2.45, 2.75) is 12.4 Å². The summed E-state index contributed by atoms with van der Waals surface area (Å²) in [4.78, 5) is 6.60. The second-order valence-corrected chi connectivity index (χ2v) is 4.15. The van der Waals surface area contributed by atoms with Crippen molar-refractivity contribution >= 4 is 0 Å². The second kappa shape index (κ2) is 5.29. The summed E-state index contributed by atoms with van der Waals surface area (Å²) >= 11 is 0. The van der Waals surface area contributed by atoms with E-state index in [0.29, 0.717) is 6.07 Å². The predicted octanol–water partition coefficient (Wildman–Crippen LogP) is 4.05. The zero-order chi connectivity index (χ0) is 16.5. The Morgan fingerprint density at radius 1 is 0.864 bits per heavy atom. The van der Waals surface area contributed by atoms with Crippen molar-refractivity contribution in [1.29, 1.82) is 5.26 Å². The maximum absolute atomic E-state index is 12.7. The van der Waals surface area contributed by atoms with Crippen molar-refractivity contribution in [1.82, 2.24) is 9.97 Å². The van der Waals surface area contributed by atoms with Gasteiger partial charge in [0.1, 0.15) is 11.8 Å². The molecule has 0 radical (unpaired) electrons. The molecule has 114 valence electrons. The second-order valence-electron chi connectivity index (χ2n) is 4.15. The monoisotopic (exact) mass is 317 g/mol. The van der Waals surface area contributed by atoms with E-state index in [4.69, 9.17) is 5.26 Å². The summed E-state index contributed by atoms with van der Waals surface area (Å²) in [6.07, 6.45) is -9.35. The van der Waals surface area contributed by atoms with E-state index in [1.165, 1.54) is 6.07 Å². The lowest BCUT2D eigenvalue weighted by molar-refractivity contribution is -0.141. The quantitative estimate of drug-likeness (QED) is 0.746. The van der Waals surface area contributed by atoms with Gasteiger partial charge in [0.05, 0.1) is 11.3 Å². The summed E-state index contributed by atoms with van der Waals surface area (Å²) in [7, 11) is 0. The van der Waals surface area contributed by atoms with Gasteiger partial charge >= 0.3 is 12.4 Å². The van der Waals surface area contributed by atoms with Crippen LogP contribution < -0.4 is 0 Å². The van der Waals surface area contributed by atoms with E-state index >= 15 is 0 Å². The highest BCUT2D eigenvalue weighted by molar-refractivity contribution is 5.60. The van der Waals surface area contributed by atoms with Gasteiger partial charge in [-0.2, -0.15) is 31.6 Å². The molecule has 0 saturated carbocycles. The van der Waals surface area contributed by atoms with Crippen LogP contribution in [0, 0.1) is 11.3 Å². The molecule has 0 atom stereocenters. The third-order valence-corrected chi connectivity index (χ3v) is 2.62. The molecule has 1 heterocycles. The van der Waals surface area contributed by atoms with E-state index in [0.717, 1.165) is 24.3 Å². The van der Waals surface area contributed by atoms with Crippen LogP contribution in [0.5, 0.6) is 0 Å². The lowest BCUT2D eigenvalue weighted by Crippen LogP contribution is -2.10. The molecule has 0 N–H and O–H groups in total. The minimum Gasteiger partial charge on any atom is -0.219 e. The highest BCUT2D eigenvalue weighted by Gasteiger charge is 2.34. The lowest BCUT2D eigenvalue weighted by Gasteiger charge is -2.09. The predicted molar refractivity (Wildman–Crippen MR) is 62.2 cm³/mol. The molecule has 3 nitrogen and oxygen atoms in total. The number of alkyl halides is 6. The van der Waals surface area contributed by atoms with E-state index < -0.39 is 29.4 Å². The smallest absolute Gasteiger partial charge is 0.219 e. The Balaban J connectivity index is 2.51. The topological polar surface area (TPSA) is 49.6 Å². The van der Waals surface area contributed by atoms with Gasteiger partial charge in [0.15, 0.2) is 0 Å². The SMILES string of the molecule is N#Cc1nc(-c2ccc(C(F)(F)F)cc2)cc(C(F)(F)F)n1. The number of hydrogen-bond acceptors (Lipinski definition) is 3. The first-order chi connectivity index (χ1) is 10.1. The van der Waals surface area contributed by atoms with Gasteiger partial charge < -0.3 is 0 Å². The van der Waals surface area contributed by atoms with Gasteiger partial charge in [-0.1, -0.05) is 12.1 Å². The maximum Gasteiger partial charge on any atom is 0.433 e. The van der Waals surface area contributed by atoms with Crippen LogP contribution in [0.25, 0.3) is 11.3 Å². The van der Waals surface area contributed by atoms with Crippen molar-refractivity contribution in [2.24, 2.45) is 0 Å². The summed E-state index contributed by atoms with van der Waals surface area (Å²) in [6, 6.07) is 5.35. The van der Waals surface area contributed by atoms with E-state index in [1.807, 2.05) is 0 Å². The zero-order valence-corrected chi connectivity index (χ0v) is 10.5. The number of hydrogen-bond donors (Lipinski definition) is 0. The molecular weight excluding hydrogens is 312 g/mol. The van der Waals surface area contributed by atoms with E-state index in [-0.39, 0.29) is 11.3 Å². The van der Waals surface area contributed by atoms with Gasteiger partial charge in [-0.25, -0.2) is 9.97 Å². The normalized spacial score (nSPS) is 12.0. The zero-order valence-electron chi connectivity index (χ0n) is 10.5. The van der Waals surface area contributed by atoms with Gasteiger partial charge in [-0.15, -0.1) is 0 Å². The molecular formula is C13H5F6N3. The molecule has 0 fully saturated rings. The molecule has 1 aromatic carbocycles. The highest BCUT2D eigenvalue weighted by Crippen LogP contribution is 2.32. The van der Waals surface area contributed by atoms with Gasteiger partial charge in [0.2, 0.25) is 5.82 Å². The van der Waals surface area contributed by atoms with Gasteiger partial charge in [0.25, 0.3) is 0 Å². The Morgan fingerprint density at radius 3 is 1.91 bits per heavy atom. The molecule has 2 aromatic rings. The fourth-order valence-corrected chi connectivity index (χ4v) is 1.62. The Kier molecular flexibility index (Phi) is 3.79. The molecule has 9 heteroatoms. The van der Waals surface area contributed by atoms with Gasteiger partial charge in [0, 0.05) is 5.56 Å². The molecule has 0 aliphatic heterocycles. The minimum atomic E-state index is -4.80. The number of aromatic nitrogens is 2. The lowest BCUT2D eigenvalue weighted by atomic mass is 10.1. The molecule has 0 saturated heterocycles. The Hall–Kier alpha value is -2.63. The standard InChI is InChI=1S/C13H5F6N3/c14-12(15,16)8-3-1-7(2-4-8)9-5-10(13(17,18)19)22-11(6-20)21-9/h1-5H. The van der Waals surface area contributed by atoms with Crippen LogP contribution in [-0.4, -0.2) is 9.97 Å². The molecule has 0 aliphatic carbocycles. The Morgan fingerprint density at radius 2 is 1.45 bits per heavy atom. The van der Waals surface area contributed by atoms with Gasteiger partial charge in [-0.05, 0) is 18.2 Å². The average Bonchev–Trinajstić information content (AvgIpc) is 2.45. The third kappa shape index (κ3) is 3.33. The first-order valence-electron chi connectivity index (χ1n) is 5.65. The Labute approximate surface area is 119 Å². The molecule has 2 rings (SSSR count). The van der Waals surface area contributed by atoms with Crippen molar-refractivity contribution in [3.05, 3.63) is 47.4 Å². The summed E-state index contributed by atoms with van der Waals surface area (Å²) in [6.45, 7) is 0. The fourth-order valence-electron chi connectivity index (χ4n) is 1.62. The van der Waals surface area contributed by atoms with Crippen LogP contribution in [0.2, 0.25) is 0 Å². The van der Waals surface area contributed by atoms with Crippen LogP contribution >= 0.6 is 0 Å². The Bertz CT molecular complexity index is 725. The number of nitrogens with zero attached hydrogens (tertiary/aromatic N) is 3. The van der Waals surface area contributed by atoms with E-state index in [9.17, 15) is 26.3 Å². The van der Waals surface area contributed by atoms with Crippen LogP contribution in [-0.2, 0) is 12.4 Å². The van der Waals surface area contributed by atoms with Crippen LogP contribution in [0.3, 0.4) is 0 Å². The summed E-state index contributed by atoms with van der Waals surface area (Å²) in [5, 5.41) is 8.66. The summed E-state index contributed by atoms with van der Waals surface area (Å²) in [5.41, 5.74) is -2.55. The summed E-state index contributed by atoms with van der Waals surface area (Å²) < 4.78 is 75.3. The number of benzene rings is 1. The van der Waals surface area contributed by atoms with Crippen molar-refractivity contribution in [3.8, 4) is 17.3 Å².